The second kappa shape index (κ2) is 7.73. The van der Waals surface area contributed by atoms with Crippen LogP contribution >= 0.6 is 23.1 Å². The van der Waals surface area contributed by atoms with E-state index in [1.54, 1.807) is 36.0 Å². The highest BCUT2D eigenvalue weighted by atomic mass is 32.2. The van der Waals surface area contributed by atoms with Gasteiger partial charge in [0.2, 0.25) is 5.13 Å². The van der Waals surface area contributed by atoms with Crippen LogP contribution in [0.4, 0.5) is 5.13 Å². The summed E-state index contributed by atoms with van der Waals surface area (Å²) in [4.78, 5) is 24.5. The summed E-state index contributed by atoms with van der Waals surface area (Å²) in [5.74, 6) is 0.171. The number of nitrogens with one attached hydrogen (secondary N) is 1. The maximum atomic E-state index is 12.4. The Hall–Kier alpha value is -2.97. The number of carbonyl (C=O) groups is 1. The summed E-state index contributed by atoms with van der Waals surface area (Å²) in [5, 5.41) is 11.5. The van der Waals surface area contributed by atoms with Crippen molar-refractivity contribution in [2.75, 3.05) is 5.32 Å². The molecule has 2 aromatic carbocycles. The molecule has 0 aliphatic carbocycles. The predicted octanol–water partition coefficient (Wildman–Crippen LogP) is 4.19. The maximum absolute atomic E-state index is 12.4. The lowest BCUT2D eigenvalue weighted by atomic mass is 10.2. The van der Waals surface area contributed by atoms with Gasteiger partial charge in [0.15, 0.2) is 15.5 Å². The molecule has 6 nitrogen and oxygen atoms in total. The average molecular weight is 395 g/mol. The number of rotatable bonds is 5. The van der Waals surface area contributed by atoms with E-state index in [0.29, 0.717) is 16.1 Å². The predicted molar refractivity (Wildman–Crippen MR) is 106 cm³/mol. The van der Waals surface area contributed by atoms with Gasteiger partial charge in [0.1, 0.15) is 5.58 Å². The molecule has 2 heterocycles. The molecule has 8 heteroatoms. The monoisotopic (exact) mass is 395 g/mol. The van der Waals surface area contributed by atoms with Crippen LogP contribution in [0.15, 0.2) is 74.2 Å². The molecule has 0 spiro atoms. The molecule has 0 radical (unpaired) electrons. The molecule has 0 atom stereocenters. The van der Waals surface area contributed by atoms with Gasteiger partial charge in [-0.15, -0.1) is 10.2 Å². The van der Waals surface area contributed by atoms with Crippen molar-refractivity contribution in [1.29, 1.82) is 0 Å². The van der Waals surface area contributed by atoms with Gasteiger partial charge in [-0.05, 0) is 17.7 Å². The smallest absolute Gasteiger partial charge is 0.293 e. The minimum absolute atomic E-state index is 0.0626. The first kappa shape index (κ1) is 17.4. The van der Waals surface area contributed by atoms with Crippen LogP contribution in [0.5, 0.6) is 0 Å². The first-order chi connectivity index (χ1) is 13.2. The third-order valence-corrected chi connectivity index (χ3v) is 5.73. The quantitative estimate of drug-likeness (QED) is 0.403. The number of carbonyl (C=O) groups excluding carboxylic acids is 1. The van der Waals surface area contributed by atoms with Crippen LogP contribution in [0.1, 0.15) is 16.1 Å². The van der Waals surface area contributed by atoms with Gasteiger partial charge in [0, 0.05) is 11.8 Å². The Morgan fingerprint density at radius 1 is 1.07 bits per heavy atom. The summed E-state index contributed by atoms with van der Waals surface area (Å²) in [6, 6.07) is 18.0. The Balaban J connectivity index is 1.46. The van der Waals surface area contributed by atoms with E-state index >= 15 is 0 Å². The van der Waals surface area contributed by atoms with Gasteiger partial charge in [0.25, 0.3) is 5.91 Å². The molecule has 2 aromatic heterocycles. The topological polar surface area (TPSA) is 85.1 Å². The van der Waals surface area contributed by atoms with E-state index in [0.717, 1.165) is 10.1 Å². The van der Waals surface area contributed by atoms with Gasteiger partial charge in [-0.3, -0.25) is 14.9 Å². The van der Waals surface area contributed by atoms with Crippen molar-refractivity contribution < 1.29 is 9.21 Å². The van der Waals surface area contributed by atoms with Gasteiger partial charge < -0.3 is 4.42 Å². The lowest BCUT2D eigenvalue weighted by Gasteiger charge is -2.02. The molecule has 0 saturated heterocycles. The number of thioether (sulfide) groups is 1. The SMILES string of the molecule is O=C(Nc1nnc(SCc2ccccc2)s1)c1cc(=O)c2ccccc2o1. The Morgan fingerprint density at radius 3 is 2.70 bits per heavy atom. The maximum Gasteiger partial charge on any atom is 0.293 e. The molecule has 27 heavy (non-hydrogen) atoms. The molecular weight excluding hydrogens is 382 g/mol. The van der Waals surface area contributed by atoms with Gasteiger partial charge in [0.05, 0.1) is 5.39 Å². The van der Waals surface area contributed by atoms with E-state index in [1.165, 1.54) is 23.0 Å². The van der Waals surface area contributed by atoms with Crippen molar-refractivity contribution in [3.63, 3.8) is 0 Å². The van der Waals surface area contributed by atoms with Crippen molar-refractivity contribution in [1.82, 2.24) is 10.2 Å². The summed E-state index contributed by atoms with van der Waals surface area (Å²) < 4.78 is 6.27. The number of amides is 1. The van der Waals surface area contributed by atoms with E-state index in [4.69, 9.17) is 4.42 Å². The Morgan fingerprint density at radius 2 is 1.85 bits per heavy atom. The highest BCUT2D eigenvalue weighted by Crippen LogP contribution is 2.28. The summed E-state index contributed by atoms with van der Waals surface area (Å²) in [6.07, 6.45) is 0. The summed E-state index contributed by atoms with van der Waals surface area (Å²) >= 11 is 2.81. The molecule has 134 valence electrons. The number of benzene rings is 2. The van der Waals surface area contributed by atoms with Crippen molar-refractivity contribution in [3.05, 3.63) is 82.2 Å². The second-order valence-electron chi connectivity index (χ2n) is 5.57. The molecule has 1 amide bonds. The molecule has 0 fully saturated rings. The highest BCUT2D eigenvalue weighted by molar-refractivity contribution is 8.00. The van der Waals surface area contributed by atoms with Crippen molar-refractivity contribution in [3.8, 4) is 0 Å². The third kappa shape index (κ3) is 4.07. The second-order valence-corrected chi connectivity index (χ2v) is 7.77. The van der Waals surface area contributed by atoms with Crippen LogP contribution in [-0.4, -0.2) is 16.1 Å². The Labute approximate surface area is 162 Å². The van der Waals surface area contributed by atoms with Gasteiger partial charge in [-0.1, -0.05) is 65.6 Å². The average Bonchev–Trinajstić information content (AvgIpc) is 3.14. The Kier molecular flexibility index (Phi) is 4.99. The zero-order chi connectivity index (χ0) is 18.6. The number of hydrogen-bond donors (Lipinski definition) is 1. The molecule has 1 N–H and O–H groups in total. The van der Waals surface area contributed by atoms with Crippen molar-refractivity contribution >= 4 is 45.1 Å². The number of aromatic nitrogens is 2. The fourth-order valence-corrected chi connectivity index (χ4v) is 4.12. The normalized spacial score (nSPS) is 10.8. The number of fused-ring (bicyclic) bond motifs is 1. The highest BCUT2D eigenvalue weighted by Gasteiger charge is 2.15. The number of nitrogens with zero attached hydrogens (tertiary/aromatic N) is 2. The largest absolute Gasteiger partial charge is 0.451 e. The van der Waals surface area contributed by atoms with Crippen LogP contribution in [0.2, 0.25) is 0 Å². The fourth-order valence-electron chi connectivity index (χ4n) is 2.41. The minimum atomic E-state index is -0.534. The summed E-state index contributed by atoms with van der Waals surface area (Å²) in [7, 11) is 0. The molecule has 0 aliphatic rings. The molecule has 0 unspecified atom stereocenters. The third-order valence-electron chi connectivity index (χ3n) is 3.69. The van der Waals surface area contributed by atoms with E-state index in [1.807, 2.05) is 30.3 Å². The Bertz CT molecular complexity index is 1160. The molecule has 4 rings (SSSR count). The van der Waals surface area contributed by atoms with Crippen molar-refractivity contribution in [2.45, 2.75) is 10.1 Å². The summed E-state index contributed by atoms with van der Waals surface area (Å²) in [5.41, 5.74) is 1.28. The van der Waals surface area contributed by atoms with Gasteiger partial charge in [-0.2, -0.15) is 0 Å². The lowest BCUT2D eigenvalue weighted by Crippen LogP contribution is -2.14. The zero-order valence-corrected chi connectivity index (χ0v) is 15.5. The summed E-state index contributed by atoms with van der Waals surface area (Å²) in [6.45, 7) is 0. The van der Waals surface area contributed by atoms with E-state index in [2.05, 4.69) is 15.5 Å². The molecule has 4 aromatic rings. The van der Waals surface area contributed by atoms with Crippen LogP contribution in [-0.2, 0) is 5.75 Å². The van der Waals surface area contributed by atoms with E-state index < -0.39 is 5.91 Å². The van der Waals surface area contributed by atoms with Gasteiger partial charge in [-0.25, -0.2) is 0 Å². The first-order valence-corrected chi connectivity index (χ1v) is 9.84. The molecule has 0 aliphatic heterocycles. The lowest BCUT2D eigenvalue weighted by molar-refractivity contribution is 0.0997. The van der Waals surface area contributed by atoms with Crippen LogP contribution in [0.25, 0.3) is 11.0 Å². The molecule has 0 saturated carbocycles. The van der Waals surface area contributed by atoms with Crippen LogP contribution in [0.3, 0.4) is 0 Å². The fraction of sp³-hybridized carbons (Fsp3) is 0.0526. The number of anilines is 1. The van der Waals surface area contributed by atoms with E-state index in [-0.39, 0.29) is 11.2 Å². The molecular formula is C19H13N3O3S2. The van der Waals surface area contributed by atoms with Crippen LogP contribution < -0.4 is 10.7 Å². The minimum Gasteiger partial charge on any atom is -0.451 e. The van der Waals surface area contributed by atoms with Crippen molar-refractivity contribution in [2.24, 2.45) is 0 Å². The van der Waals surface area contributed by atoms with E-state index in [9.17, 15) is 9.59 Å². The standard InChI is InChI=1S/C19H13N3O3S2/c23-14-10-16(25-15-9-5-4-8-13(14)15)17(24)20-18-21-22-19(27-18)26-11-12-6-2-1-3-7-12/h1-10H,11H2,(H,20,21,24). The van der Waals surface area contributed by atoms with Gasteiger partial charge >= 0.3 is 0 Å². The number of para-hydroxylation sites is 1. The number of hydrogen-bond acceptors (Lipinski definition) is 7. The zero-order valence-electron chi connectivity index (χ0n) is 13.9. The molecule has 0 bridgehead atoms. The first-order valence-electron chi connectivity index (χ1n) is 8.03. The van der Waals surface area contributed by atoms with Crippen LogP contribution in [0, 0.1) is 0 Å².